The first-order chi connectivity index (χ1) is 14.2. The first kappa shape index (κ1) is 21.2. The molecule has 0 spiro atoms. The molecule has 5 heteroatoms. The number of hydrogen-bond donors (Lipinski definition) is 1. The molecule has 0 aliphatic carbocycles. The standard InChI is InChI=1S/C24H32N2O3/c1-3-16-29-22-9-7-8-20(17-22)24(27)25-18-23(26-14-5-4-6-15-26)19-10-12-21(28-2)13-11-19/h7-13,17,23H,3-6,14-16,18H2,1-2H3,(H,25,27). The quantitative estimate of drug-likeness (QED) is 0.681. The molecule has 1 aliphatic rings. The van der Waals surface area contributed by atoms with Crippen LogP contribution in [0.1, 0.15) is 54.6 Å². The molecule has 1 aliphatic heterocycles. The van der Waals surface area contributed by atoms with Gasteiger partial charge in [0.2, 0.25) is 0 Å². The van der Waals surface area contributed by atoms with Crippen molar-refractivity contribution >= 4 is 5.91 Å². The predicted molar refractivity (Wildman–Crippen MR) is 116 cm³/mol. The van der Waals surface area contributed by atoms with E-state index in [9.17, 15) is 4.79 Å². The topological polar surface area (TPSA) is 50.8 Å². The number of ether oxygens (including phenoxy) is 2. The number of carbonyl (C=O) groups is 1. The Balaban J connectivity index is 1.69. The molecule has 2 aromatic rings. The Hall–Kier alpha value is -2.53. The van der Waals surface area contributed by atoms with E-state index >= 15 is 0 Å². The highest BCUT2D eigenvalue weighted by atomic mass is 16.5. The summed E-state index contributed by atoms with van der Waals surface area (Å²) < 4.78 is 11.0. The largest absolute Gasteiger partial charge is 0.497 e. The van der Waals surface area contributed by atoms with Crippen molar-refractivity contribution in [3.8, 4) is 11.5 Å². The number of hydrogen-bond acceptors (Lipinski definition) is 4. The summed E-state index contributed by atoms with van der Waals surface area (Å²) in [6.45, 7) is 5.42. The van der Waals surface area contributed by atoms with Crippen molar-refractivity contribution in [3.63, 3.8) is 0 Å². The van der Waals surface area contributed by atoms with Gasteiger partial charge in [-0.1, -0.05) is 31.5 Å². The Morgan fingerprint density at radius 1 is 1.07 bits per heavy atom. The SMILES string of the molecule is CCCOc1cccc(C(=O)NCC(c2ccc(OC)cc2)N2CCCCC2)c1. The van der Waals surface area contributed by atoms with E-state index in [1.807, 2.05) is 36.4 Å². The Labute approximate surface area is 174 Å². The van der Waals surface area contributed by atoms with Crippen molar-refractivity contribution in [1.82, 2.24) is 10.2 Å². The molecule has 1 heterocycles. The lowest BCUT2D eigenvalue weighted by atomic mass is 10.0. The van der Waals surface area contributed by atoms with Crippen LogP contribution >= 0.6 is 0 Å². The molecule has 1 atom stereocenters. The van der Waals surface area contributed by atoms with Crippen LogP contribution in [0.15, 0.2) is 48.5 Å². The van der Waals surface area contributed by atoms with Crippen molar-refractivity contribution in [3.05, 3.63) is 59.7 Å². The van der Waals surface area contributed by atoms with Gasteiger partial charge in [-0.15, -0.1) is 0 Å². The highest BCUT2D eigenvalue weighted by Crippen LogP contribution is 2.26. The molecule has 1 N–H and O–H groups in total. The molecule has 29 heavy (non-hydrogen) atoms. The van der Waals surface area contributed by atoms with Gasteiger partial charge in [-0.25, -0.2) is 0 Å². The van der Waals surface area contributed by atoms with Gasteiger partial charge in [0, 0.05) is 12.1 Å². The maximum Gasteiger partial charge on any atom is 0.251 e. The number of piperidine rings is 1. The molecule has 5 nitrogen and oxygen atoms in total. The van der Waals surface area contributed by atoms with Crippen molar-refractivity contribution in [2.75, 3.05) is 33.4 Å². The summed E-state index contributed by atoms with van der Waals surface area (Å²) in [6.07, 6.45) is 4.63. The third-order valence-electron chi connectivity index (χ3n) is 5.36. The average molecular weight is 397 g/mol. The molecule has 2 aromatic carbocycles. The normalized spacial score (nSPS) is 15.5. The van der Waals surface area contributed by atoms with Crippen LogP contribution in [0.4, 0.5) is 0 Å². The van der Waals surface area contributed by atoms with Crippen molar-refractivity contribution in [1.29, 1.82) is 0 Å². The van der Waals surface area contributed by atoms with Gasteiger partial charge in [0.05, 0.1) is 19.8 Å². The Bertz CT molecular complexity index is 770. The van der Waals surface area contributed by atoms with E-state index < -0.39 is 0 Å². The van der Waals surface area contributed by atoms with Crippen LogP contribution in [0.25, 0.3) is 0 Å². The molecule has 1 saturated heterocycles. The summed E-state index contributed by atoms with van der Waals surface area (Å²) in [6, 6.07) is 15.7. The number of methoxy groups -OCH3 is 1. The summed E-state index contributed by atoms with van der Waals surface area (Å²) in [5.41, 5.74) is 1.83. The van der Waals surface area contributed by atoms with E-state index in [0.717, 1.165) is 31.0 Å². The van der Waals surface area contributed by atoms with Crippen LogP contribution in [-0.2, 0) is 0 Å². The maximum absolute atomic E-state index is 12.8. The van der Waals surface area contributed by atoms with E-state index in [1.165, 1.54) is 24.8 Å². The Kier molecular flexibility index (Phi) is 7.94. The number of likely N-dealkylation sites (tertiary alicyclic amines) is 1. The predicted octanol–water partition coefficient (Wildman–Crippen LogP) is 4.44. The minimum absolute atomic E-state index is 0.0672. The molecular weight excluding hydrogens is 364 g/mol. The molecule has 0 radical (unpaired) electrons. The van der Waals surface area contributed by atoms with Crippen molar-refractivity contribution < 1.29 is 14.3 Å². The lowest BCUT2D eigenvalue weighted by molar-refractivity contribution is 0.0924. The lowest BCUT2D eigenvalue weighted by Gasteiger charge is -2.35. The maximum atomic E-state index is 12.8. The molecule has 1 unspecified atom stereocenters. The summed E-state index contributed by atoms with van der Waals surface area (Å²) in [7, 11) is 1.68. The smallest absolute Gasteiger partial charge is 0.251 e. The summed E-state index contributed by atoms with van der Waals surface area (Å²) in [5, 5.41) is 3.14. The third kappa shape index (κ3) is 5.97. The number of carbonyl (C=O) groups excluding carboxylic acids is 1. The molecule has 3 rings (SSSR count). The molecule has 156 valence electrons. The summed E-state index contributed by atoms with van der Waals surface area (Å²) in [4.78, 5) is 15.3. The monoisotopic (exact) mass is 396 g/mol. The Morgan fingerprint density at radius 3 is 2.52 bits per heavy atom. The van der Waals surface area contributed by atoms with E-state index in [4.69, 9.17) is 9.47 Å². The van der Waals surface area contributed by atoms with Crippen molar-refractivity contribution in [2.45, 2.75) is 38.6 Å². The van der Waals surface area contributed by atoms with Gasteiger partial charge in [0.1, 0.15) is 11.5 Å². The van der Waals surface area contributed by atoms with E-state index in [2.05, 4.69) is 29.3 Å². The highest BCUT2D eigenvalue weighted by molar-refractivity contribution is 5.94. The van der Waals surface area contributed by atoms with Crippen LogP contribution < -0.4 is 14.8 Å². The van der Waals surface area contributed by atoms with Gasteiger partial charge in [-0.2, -0.15) is 0 Å². The fourth-order valence-electron chi connectivity index (χ4n) is 3.75. The third-order valence-corrected chi connectivity index (χ3v) is 5.36. The van der Waals surface area contributed by atoms with Crippen LogP contribution in [0.2, 0.25) is 0 Å². The molecular formula is C24H32N2O3. The van der Waals surface area contributed by atoms with Gasteiger partial charge in [-0.3, -0.25) is 9.69 Å². The fourth-order valence-corrected chi connectivity index (χ4v) is 3.75. The Morgan fingerprint density at radius 2 is 1.83 bits per heavy atom. The van der Waals surface area contributed by atoms with Crippen LogP contribution in [0.5, 0.6) is 11.5 Å². The number of nitrogens with one attached hydrogen (secondary N) is 1. The zero-order valence-corrected chi connectivity index (χ0v) is 17.5. The molecule has 0 bridgehead atoms. The minimum Gasteiger partial charge on any atom is -0.497 e. The lowest BCUT2D eigenvalue weighted by Crippen LogP contribution is -2.40. The van der Waals surface area contributed by atoms with Crippen LogP contribution in [0.3, 0.4) is 0 Å². The van der Waals surface area contributed by atoms with Gasteiger partial charge in [0.25, 0.3) is 5.91 Å². The van der Waals surface area contributed by atoms with E-state index in [0.29, 0.717) is 18.7 Å². The van der Waals surface area contributed by atoms with Crippen LogP contribution in [-0.4, -0.2) is 44.2 Å². The average Bonchev–Trinajstić information content (AvgIpc) is 2.79. The van der Waals surface area contributed by atoms with Crippen molar-refractivity contribution in [2.24, 2.45) is 0 Å². The van der Waals surface area contributed by atoms with E-state index in [1.54, 1.807) is 7.11 Å². The fraction of sp³-hybridized carbons (Fsp3) is 0.458. The second kappa shape index (κ2) is 10.9. The minimum atomic E-state index is -0.0672. The van der Waals surface area contributed by atoms with Gasteiger partial charge < -0.3 is 14.8 Å². The zero-order chi connectivity index (χ0) is 20.5. The second-order valence-corrected chi connectivity index (χ2v) is 7.47. The highest BCUT2D eigenvalue weighted by Gasteiger charge is 2.23. The molecule has 1 amide bonds. The molecule has 1 fully saturated rings. The van der Waals surface area contributed by atoms with Gasteiger partial charge in [-0.05, 0) is 68.2 Å². The summed E-state index contributed by atoms with van der Waals surface area (Å²) >= 11 is 0. The van der Waals surface area contributed by atoms with Gasteiger partial charge in [0.15, 0.2) is 0 Å². The first-order valence-electron chi connectivity index (χ1n) is 10.6. The molecule has 0 aromatic heterocycles. The number of nitrogens with zero attached hydrogens (tertiary/aromatic N) is 1. The van der Waals surface area contributed by atoms with E-state index in [-0.39, 0.29) is 11.9 Å². The number of benzene rings is 2. The molecule has 0 saturated carbocycles. The summed E-state index contributed by atoms with van der Waals surface area (Å²) in [5.74, 6) is 1.52. The van der Waals surface area contributed by atoms with Gasteiger partial charge >= 0.3 is 0 Å². The first-order valence-corrected chi connectivity index (χ1v) is 10.6. The number of rotatable bonds is 9. The number of amides is 1. The second-order valence-electron chi connectivity index (χ2n) is 7.47. The van der Waals surface area contributed by atoms with Crippen LogP contribution in [0, 0.1) is 0 Å². The zero-order valence-electron chi connectivity index (χ0n) is 17.5.